The summed E-state index contributed by atoms with van der Waals surface area (Å²) in [5.41, 5.74) is 8.65. The van der Waals surface area contributed by atoms with E-state index < -0.39 is 0 Å². The van der Waals surface area contributed by atoms with E-state index in [1.165, 1.54) is 5.56 Å². The molecule has 0 aliphatic carbocycles. The molecule has 0 heterocycles. The lowest BCUT2D eigenvalue weighted by Gasteiger charge is -2.22. The average Bonchev–Trinajstić information content (AvgIpc) is 2.48. The largest absolute Gasteiger partial charge is 0.496 e. The van der Waals surface area contributed by atoms with Crippen LogP contribution in [-0.2, 0) is 6.54 Å². The Kier molecular flexibility index (Phi) is 5.16. The van der Waals surface area contributed by atoms with Crippen molar-refractivity contribution in [3.8, 4) is 5.75 Å². The first-order chi connectivity index (χ1) is 9.70. The summed E-state index contributed by atoms with van der Waals surface area (Å²) in [4.78, 5) is 2.23. The van der Waals surface area contributed by atoms with E-state index in [0.29, 0.717) is 0 Å². The van der Waals surface area contributed by atoms with E-state index in [2.05, 4.69) is 36.2 Å². The lowest BCUT2D eigenvalue weighted by molar-refractivity contribution is 0.301. The normalized spacial score (nSPS) is 12.4. The molecule has 2 N–H and O–H groups in total. The number of nitrogens with two attached hydrogens (primary N) is 1. The zero-order valence-corrected chi connectivity index (χ0v) is 12.1. The van der Waals surface area contributed by atoms with Gasteiger partial charge in [-0.2, -0.15) is 0 Å². The molecule has 2 aromatic rings. The molecule has 2 rings (SSSR count). The molecule has 0 fully saturated rings. The number of hydrogen-bond donors (Lipinski definition) is 1. The number of methoxy groups -OCH3 is 1. The highest BCUT2D eigenvalue weighted by Crippen LogP contribution is 2.23. The third kappa shape index (κ3) is 3.83. The number of nitrogens with zero attached hydrogens (tertiary/aromatic N) is 1. The minimum absolute atomic E-state index is 0.0557. The van der Waals surface area contributed by atoms with Crippen LogP contribution in [0, 0.1) is 0 Å². The zero-order chi connectivity index (χ0) is 14.4. The fourth-order valence-electron chi connectivity index (χ4n) is 2.37. The van der Waals surface area contributed by atoms with Crippen molar-refractivity contribution in [3.63, 3.8) is 0 Å². The Bertz CT molecular complexity index is 528. The number of benzene rings is 2. The third-order valence-corrected chi connectivity index (χ3v) is 3.34. The van der Waals surface area contributed by atoms with Crippen LogP contribution in [0.15, 0.2) is 54.6 Å². The molecule has 3 heteroatoms. The van der Waals surface area contributed by atoms with Crippen LogP contribution in [0.5, 0.6) is 5.75 Å². The van der Waals surface area contributed by atoms with Crippen LogP contribution < -0.4 is 10.5 Å². The molecule has 0 aliphatic rings. The van der Waals surface area contributed by atoms with Crippen molar-refractivity contribution in [1.82, 2.24) is 4.90 Å². The van der Waals surface area contributed by atoms with E-state index in [1.54, 1.807) is 7.11 Å². The van der Waals surface area contributed by atoms with Crippen molar-refractivity contribution in [1.29, 1.82) is 0 Å². The van der Waals surface area contributed by atoms with E-state index in [-0.39, 0.29) is 6.04 Å². The minimum atomic E-state index is -0.0557. The lowest BCUT2D eigenvalue weighted by Crippen LogP contribution is -2.29. The summed E-state index contributed by atoms with van der Waals surface area (Å²) in [5, 5.41) is 0. The Hall–Kier alpha value is -1.84. The van der Waals surface area contributed by atoms with Gasteiger partial charge in [0.2, 0.25) is 0 Å². The molecular formula is C17H22N2O. The highest BCUT2D eigenvalue weighted by atomic mass is 16.5. The van der Waals surface area contributed by atoms with Crippen molar-refractivity contribution in [3.05, 3.63) is 65.7 Å². The Balaban J connectivity index is 1.98. The van der Waals surface area contributed by atoms with E-state index in [0.717, 1.165) is 24.4 Å². The maximum atomic E-state index is 6.30. The fraction of sp³-hybridized carbons (Fsp3) is 0.294. The molecule has 0 saturated heterocycles. The van der Waals surface area contributed by atoms with Crippen LogP contribution in [0.1, 0.15) is 17.2 Å². The van der Waals surface area contributed by atoms with Gasteiger partial charge in [0.25, 0.3) is 0 Å². The summed E-state index contributed by atoms with van der Waals surface area (Å²) in [6.07, 6.45) is 0. The van der Waals surface area contributed by atoms with Gasteiger partial charge in [-0.3, -0.25) is 0 Å². The standard InChI is InChI=1S/C17H22N2O/c1-19(12-14-8-4-3-5-9-14)13-16(18)15-10-6-7-11-17(15)20-2/h3-11,16H,12-13,18H2,1-2H3. The Morgan fingerprint density at radius 3 is 2.40 bits per heavy atom. The van der Waals surface area contributed by atoms with E-state index in [4.69, 9.17) is 10.5 Å². The number of ether oxygens (including phenoxy) is 1. The smallest absolute Gasteiger partial charge is 0.123 e. The van der Waals surface area contributed by atoms with Crippen molar-refractivity contribution < 1.29 is 4.74 Å². The highest BCUT2D eigenvalue weighted by Gasteiger charge is 2.13. The number of rotatable bonds is 6. The Labute approximate surface area is 121 Å². The second-order valence-corrected chi connectivity index (χ2v) is 5.03. The molecule has 2 aromatic carbocycles. The van der Waals surface area contributed by atoms with Crippen molar-refractivity contribution in [2.75, 3.05) is 20.7 Å². The number of likely N-dealkylation sites (N-methyl/N-ethyl adjacent to an activating group) is 1. The molecule has 0 spiro atoms. The number of hydrogen-bond acceptors (Lipinski definition) is 3. The van der Waals surface area contributed by atoms with Gasteiger partial charge in [0.05, 0.1) is 7.11 Å². The zero-order valence-electron chi connectivity index (χ0n) is 12.1. The van der Waals surface area contributed by atoms with Gasteiger partial charge in [-0.1, -0.05) is 48.5 Å². The number of para-hydroxylation sites is 1. The molecule has 1 atom stereocenters. The molecule has 0 saturated carbocycles. The maximum Gasteiger partial charge on any atom is 0.123 e. The summed E-state index contributed by atoms with van der Waals surface area (Å²) in [6, 6.07) is 18.3. The third-order valence-electron chi connectivity index (χ3n) is 3.34. The van der Waals surface area contributed by atoms with Crippen LogP contribution in [0.25, 0.3) is 0 Å². The molecule has 1 unspecified atom stereocenters. The van der Waals surface area contributed by atoms with Crippen molar-refractivity contribution >= 4 is 0 Å². The summed E-state index contributed by atoms with van der Waals surface area (Å²) in [7, 11) is 3.77. The van der Waals surface area contributed by atoms with Gasteiger partial charge in [-0.25, -0.2) is 0 Å². The monoisotopic (exact) mass is 270 g/mol. The molecule has 3 nitrogen and oxygen atoms in total. The van der Waals surface area contributed by atoms with Gasteiger partial charge >= 0.3 is 0 Å². The van der Waals surface area contributed by atoms with Gasteiger partial charge < -0.3 is 15.4 Å². The van der Waals surface area contributed by atoms with Crippen LogP contribution in [0.2, 0.25) is 0 Å². The van der Waals surface area contributed by atoms with Crippen molar-refractivity contribution in [2.24, 2.45) is 5.73 Å². The van der Waals surface area contributed by atoms with E-state index >= 15 is 0 Å². The van der Waals surface area contributed by atoms with Crippen LogP contribution in [0.4, 0.5) is 0 Å². The average molecular weight is 270 g/mol. The maximum absolute atomic E-state index is 6.30. The SMILES string of the molecule is COc1ccccc1C(N)CN(C)Cc1ccccc1. The Morgan fingerprint density at radius 2 is 1.70 bits per heavy atom. The lowest BCUT2D eigenvalue weighted by atomic mass is 10.1. The Morgan fingerprint density at radius 1 is 1.05 bits per heavy atom. The molecule has 0 amide bonds. The van der Waals surface area contributed by atoms with Gasteiger partial charge in [-0.05, 0) is 18.7 Å². The summed E-state index contributed by atoms with van der Waals surface area (Å²) < 4.78 is 5.37. The van der Waals surface area contributed by atoms with E-state index in [9.17, 15) is 0 Å². The second kappa shape index (κ2) is 7.08. The highest BCUT2D eigenvalue weighted by molar-refractivity contribution is 5.35. The first-order valence-corrected chi connectivity index (χ1v) is 6.81. The first-order valence-electron chi connectivity index (χ1n) is 6.81. The molecule has 0 aliphatic heterocycles. The van der Waals surface area contributed by atoms with Crippen LogP contribution in [-0.4, -0.2) is 25.6 Å². The first kappa shape index (κ1) is 14.6. The van der Waals surface area contributed by atoms with Gasteiger partial charge in [0.1, 0.15) is 5.75 Å². The van der Waals surface area contributed by atoms with Gasteiger partial charge in [0, 0.05) is 24.7 Å². The molecule has 20 heavy (non-hydrogen) atoms. The molecule has 0 radical (unpaired) electrons. The topological polar surface area (TPSA) is 38.5 Å². The summed E-state index contributed by atoms with van der Waals surface area (Å²) in [6.45, 7) is 1.68. The van der Waals surface area contributed by atoms with Gasteiger partial charge in [-0.15, -0.1) is 0 Å². The van der Waals surface area contributed by atoms with Crippen LogP contribution >= 0.6 is 0 Å². The molecular weight excluding hydrogens is 248 g/mol. The molecule has 106 valence electrons. The van der Waals surface area contributed by atoms with Crippen molar-refractivity contribution in [2.45, 2.75) is 12.6 Å². The van der Waals surface area contributed by atoms with Crippen LogP contribution in [0.3, 0.4) is 0 Å². The molecule has 0 bridgehead atoms. The summed E-state index contributed by atoms with van der Waals surface area (Å²) >= 11 is 0. The second-order valence-electron chi connectivity index (χ2n) is 5.03. The molecule has 0 aromatic heterocycles. The fourth-order valence-corrected chi connectivity index (χ4v) is 2.37. The summed E-state index contributed by atoms with van der Waals surface area (Å²) in [5.74, 6) is 0.855. The minimum Gasteiger partial charge on any atom is -0.496 e. The predicted molar refractivity (Wildman–Crippen MR) is 82.7 cm³/mol. The van der Waals surface area contributed by atoms with E-state index in [1.807, 2.05) is 30.3 Å². The quantitative estimate of drug-likeness (QED) is 0.877. The predicted octanol–water partition coefficient (Wildman–Crippen LogP) is 2.83. The van der Waals surface area contributed by atoms with Gasteiger partial charge in [0.15, 0.2) is 0 Å².